The summed E-state index contributed by atoms with van der Waals surface area (Å²) >= 11 is 6.04. The molecule has 0 spiro atoms. The first kappa shape index (κ1) is 10.3. The van der Waals surface area contributed by atoms with Crippen LogP contribution in [0.2, 0.25) is 5.15 Å². The minimum Gasteiger partial charge on any atom is -0.396 e. The van der Waals surface area contributed by atoms with Crippen molar-refractivity contribution in [3.05, 3.63) is 34.7 Å². The highest BCUT2D eigenvalue weighted by molar-refractivity contribution is 6.34. The minimum atomic E-state index is 0.0354. The average Bonchev–Trinajstić information content (AvgIpc) is 2.20. The number of aryl methyl sites for hydroxylation is 1. The first-order valence-electron chi connectivity index (χ1n) is 4.75. The van der Waals surface area contributed by atoms with Crippen molar-refractivity contribution < 1.29 is 5.11 Å². The van der Waals surface area contributed by atoms with Crippen LogP contribution >= 0.6 is 11.6 Å². The number of aromatic nitrogens is 2. The summed E-state index contributed by atoms with van der Waals surface area (Å²) in [6, 6.07) is 5.81. The topological polar surface area (TPSA) is 46.0 Å². The van der Waals surface area contributed by atoms with Gasteiger partial charge in [0.15, 0.2) is 0 Å². The van der Waals surface area contributed by atoms with Crippen LogP contribution in [0.25, 0.3) is 10.9 Å². The molecule has 1 aromatic heterocycles. The largest absolute Gasteiger partial charge is 0.396 e. The van der Waals surface area contributed by atoms with Crippen LogP contribution < -0.4 is 0 Å². The molecule has 78 valence electrons. The van der Waals surface area contributed by atoms with Crippen LogP contribution in [0, 0.1) is 6.92 Å². The quantitative estimate of drug-likeness (QED) is 0.792. The predicted molar refractivity (Wildman–Crippen MR) is 60.1 cm³/mol. The van der Waals surface area contributed by atoms with Crippen molar-refractivity contribution in [1.82, 2.24) is 9.97 Å². The van der Waals surface area contributed by atoms with Gasteiger partial charge in [-0.3, -0.25) is 0 Å². The molecule has 1 aromatic carbocycles. The van der Waals surface area contributed by atoms with Crippen molar-refractivity contribution in [2.45, 2.75) is 13.3 Å². The fourth-order valence-electron chi connectivity index (χ4n) is 1.51. The maximum absolute atomic E-state index is 8.83. The van der Waals surface area contributed by atoms with Crippen molar-refractivity contribution in [2.75, 3.05) is 6.61 Å². The number of aliphatic hydroxyl groups excluding tert-OH is 1. The van der Waals surface area contributed by atoms with Crippen molar-refractivity contribution in [2.24, 2.45) is 0 Å². The number of benzene rings is 1. The van der Waals surface area contributed by atoms with Crippen LogP contribution in [0.15, 0.2) is 18.2 Å². The Balaban J connectivity index is 2.68. The molecule has 2 rings (SSSR count). The molecule has 0 bridgehead atoms. The smallest absolute Gasteiger partial charge is 0.140 e. The van der Waals surface area contributed by atoms with Crippen molar-refractivity contribution >= 4 is 22.5 Å². The maximum atomic E-state index is 8.83. The van der Waals surface area contributed by atoms with Gasteiger partial charge in [0.2, 0.25) is 0 Å². The van der Waals surface area contributed by atoms with Crippen molar-refractivity contribution in [3.63, 3.8) is 0 Å². The lowest BCUT2D eigenvalue weighted by atomic mass is 10.1. The van der Waals surface area contributed by atoms with Gasteiger partial charge in [0.05, 0.1) is 12.1 Å². The van der Waals surface area contributed by atoms with Gasteiger partial charge in [-0.25, -0.2) is 9.97 Å². The maximum Gasteiger partial charge on any atom is 0.140 e. The number of aliphatic hydroxyl groups is 1. The normalized spacial score (nSPS) is 10.9. The second kappa shape index (κ2) is 4.13. The van der Waals surface area contributed by atoms with Crippen LogP contribution in [0.3, 0.4) is 0 Å². The molecule has 0 saturated heterocycles. The number of hydrogen-bond acceptors (Lipinski definition) is 3. The number of nitrogens with zero attached hydrogens (tertiary/aromatic N) is 2. The molecular formula is C11H11ClN2O. The summed E-state index contributed by atoms with van der Waals surface area (Å²) in [6.07, 6.45) is 0.435. The molecule has 15 heavy (non-hydrogen) atoms. The summed E-state index contributed by atoms with van der Waals surface area (Å²) in [5.41, 5.74) is 1.93. The first-order chi connectivity index (χ1) is 7.22. The lowest BCUT2D eigenvalue weighted by Gasteiger charge is -2.05. The number of halogens is 1. The first-order valence-corrected chi connectivity index (χ1v) is 5.13. The Kier molecular flexibility index (Phi) is 2.84. The number of fused-ring (bicyclic) bond motifs is 1. The molecule has 2 aromatic rings. The van der Waals surface area contributed by atoms with Gasteiger partial charge in [-0.05, 0) is 18.6 Å². The Morgan fingerprint density at radius 1 is 1.33 bits per heavy atom. The molecule has 0 aliphatic rings. The summed E-state index contributed by atoms with van der Waals surface area (Å²) < 4.78 is 0. The standard InChI is InChI=1S/C11H11ClN2O/c1-7-3-2-4-8-10(7)13-9(5-6-15)14-11(8)12/h2-4,15H,5-6H2,1H3. The molecule has 0 aliphatic carbocycles. The van der Waals surface area contributed by atoms with E-state index < -0.39 is 0 Å². The third kappa shape index (κ3) is 1.94. The highest BCUT2D eigenvalue weighted by Crippen LogP contribution is 2.22. The fraction of sp³-hybridized carbons (Fsp3) is 0.273. The number of hydrogen-bond donors (Lipinski definition) is 1. The molecule has 0 atom stereocenters. The van der Waals surface area contributed by atoms with Gasteiger partial charge in [-0.15, -0.1) is 0 Å². The van der Waals surface area contributed by atoms with Crippen molar-refractivity contribution in [1.29, 1.82) is 0 Å². The number of para-hydroxylation sites is 1. The zero-order chi connectivity index (χ0) is 10.8. The number of rotatable bonds is 2. The molecule has 0 unspecified atom stereocenters. The highest BCUT2D eigenvalue weighted by atomic mass is 35.5. The summed E-state index contributed by atoms with van der Waals surface area (Å²) in [6.45, 7) is 2.02. The van der Waals surface area contributed by atoms with E-state index in [4.69, 9.17) is 16.7 Å². The molecule has 1 heterocycles. The Hall–Kier alpha value is -1.19. The van der Waals surface area contributed by atoms with E-state index in [1.807, 2.05) is 25.1 Å². The van der Waals surface area contributed by atoms with Gasteiger partial charge in [-0.1, -0.05) is 23.7 Å². The predicted octanol–water partition coefficient (Wildman–Crippen LogP) is 2.13. The van der Waals surface area contributed by atoms with Gasteiger partial charge in [0.25, 0.3) is 0 Å². The van der Waals surface area contributed by atoms with Gasteiger partial charge in [-0.2, -0.15) is 0 Å². The van der Waals surface area contributed by atoms with Crippen LogP contribution in [0.4, 0.5) is 0 Å². The van der Waals surface area contributed by atoms with E-state index in [2.05, 4.69) is 9.97 Å². The highest BCUT2D eigenvalue weighted by Gasteiger charge is 2.06. The molecule has 1 N–H and O–H groups in total. The van der Waals surface area contributed by atoms with E-state index in [0.717, 1.165) is 16.5 Å². The zero-order valence-corrected chi connectivity index (χ0v) is 9.12. The van der Waals surface area contributed by atoms with E-state index >= 15 is 0 Å². The van der Waals surface area contributed by atoms with E-state index in [9.17, 15) is 0 Å². The lowest BCUT2D eigenvalue weighted by Crippen LogP contribution is -2.00. The summed E-state index contributed by atoms with van der Waals surface area (Å²) in [4.78, 5) is 8.50. The third-order valence-electron chi connectivity index (χ3n) is 2.26. The van der Waals surface area contributed by atoms with Crippen molar-refractivity contribution in [3.8, 4) is 0 Å². The zero-order valence-electron chi connectivity index (χ0n) is 8.37. The second-order valence-corrected chi connectivity index (χ2v) is 3.73. The van der Waals surface area contributed by atoms with E-state index in [1.54, 1.807) is 0 Å². The minimum absolute atomic E-state index is 0.0354. The molecule has 0 aliphatic heterocycles. The molecule has 0 fully saturated rings. The molecule has 0 amide bonds. The lowest BCUT2D eigenvalue weighted by molar-refractivity contribution is 0.297. The van der Waals surface area contributed by atoms with Crippen LogP contribution in [0.5, 0.6) is 0 Å². The SMILES string of the molecule is Cc1cccc2c(Cl)nc(CCO)nc12. The molecule has 4 heteroatoms. The molecule has 0 radical (unpaired) electrons. The Bertz CT molecular complexity index is 499. The summed E-state index contributed by atoms with van der Waals surface area (Å²) in [7, 11) is 0. The van der Waals surface area contributed by atoms with Gasteiger partial charge in [0, 0.05) is 11.8 Å². The van der Waals surface area contributed by atoms with Crippen LogP contribution in [-0.2, 0) is 6.42 Å². The second-order valence-electron chi connectivity index (χ2n) is 3.38. The monoisotopic (exact) mass is 222 g/mol. The van der Waals surface area contributed by atoms with Gasteiger partial charge >= 0.3 is 0 Å². The van der Waals surface area contributed by atoms with Crippen LogP contribution in [0.1, 0.15) is 11.4 Å². The Labute approximate surface area is 92.7 Å². The molecule has 3 nitrogen and oxygen atoms in total. The third-order valence-corrected chi connectivity index (χ3v) is 2.55. The van der Waals surface area contributed by atoms with Gasteiger partial charge < -0.3 is 5.11 Å². The van der Waals surface area contributed by atoms with Gasteiger partial charge in [0.1, 0.15) is 11.0 Å². The van der Waals surface area contributed by atoms with E-state index in [0.29, 0.717) is 17.4 Å². The van der Waals surface area contributed by atoms with E-state index in [-0.39, 0.29) is 6.61 Å². The van der Waals surface area contributed by atoms with Crippen LogP contribution in [-0.4, -0.2) is 21.7 Å². The molecule has 0 saturated carbocycles. The van der Waals surface area contributed by atoms with E-state index in [1.165, 1.54) is 0 Å². The molecular weight excluding hydrogens is 212 g/mol. The summed E-state index contributed by atoms with van der Waals surface area (Å²) in [5, 5.41) is 10.1. The fourth-order valence-corrected chi connectivity index (χ4v) is 1.76. The Morgan fingerprint density at radius 2 is 2.13 bits per heavy atom. The summed E-state index contributed by atoms with van der Waals surface area (Å²) in [5.74, 6) is 0.587. The average molecular weight is 223 g/mol. The Morgan fingerprint density at radius 3 is 2.87 bits per heavy atom.